The van der Waals surface area contributed by atoms with E-state index in [-0.39, 0.29) is 23.9 Å². The van der Waals surface area contributed by atoms with E-state index >= 15 is 0 Å². The Morgan fingerprint density at radius 3 is 2.45 bits per heavy atom. The number of ether oxygens (including phenoxy) is 2. The van der Waals surface area contributed by atoms with Gasteiger partial charge in [0.05, 0.1) is 19.8 Å². The zero-order valence-electron chi connectivity index (χ0n) is 20.1. The number of carbonyl (C=O) groups excluding carboxylic acids is 2. The second kappa shape index (κ2) is 18.7. The smallest absolute Gasteiger partial charge is 0.251 e. The summed E-state index contributed by atoms with van der Waals surface area (Å²) in [6.45, 7) is 10.6. The average molecular weight is 496 g/mol. The van der Waals surface area contributed by atoms with Crippen LogP contribution < -0.4 is 16.0 Å². The van der Waals surface area contributed by atoms with Crippen molar-refractivity contribution in [2.75, 3.05) is 39.5 Å². The molecule has 0 aromatic heterocycles. The van der Waals surface area contributed by atoms with Crippen LogP contribution in [0.1, 0.15) is 50.9 Å². The summed E-state index contributed by atoms with van der Waals surface area (Å²) in [7, 11) is 3.24. The first kappa shape index (κ1) is 29.3. The maximum Gasteiger partial charge on any atom is 0.251 e. The van der Waals surface area contributed by atoms with Crippen molar-refractivity contribution in [3.8, 4) is 11.8 Å². The van der Waals surface area contributed by atoms with Gasteiger partial charge in [-0.05, 0) is 30.7 Å². The van der Waals surface area contributed by atoms with Crippen LogP contribution in [0.2, 0.25) is 0 Å². The summed E-state index contributed by atoms with van der Waals surface area (Å²) >= 11 is 0. The maximum atomic E-state index is 12.2. The third-order valence-electron chi connectivity index (χ3n) is 4.10. The van der Waals surface area contributed by atoms with Gasteiger partial charge in [-0.2, -0.15) is 0 Å². The minimum absolute atomic E-state index is 0.00398. The van der Waals surface area contributed by atoms with E-state index in [0.717, 1.165) is 24.3 Å². The molecule has 0 saturated carbocycles. The summed E-state index contributed by atoms with van der Waals surface area (Å²) < 4.78 is 11.2. The van der Waals surface area contributed by atoms with Gasteiger partial charge in [-0.1, -0.05) is 55.2 Å². The van der Waals surface area contributed by atoms with Crippen molar-refractivity contribution in [1.82, 2.24) is 16.0 Å². The molecule has 0 radical (unpaired) electrons. The van der Waals surface area contributed by atoms with E-state index in [1.54, 1.807) is 21.6 Å². The minimum atomic E-state index is -0.179. The van der Waals surface area contributed by atoms with Gasteiger partial charge < -0.3 is 25.4 Å². The Morgan fingerprint density at radius 1 is 1.03 bits per heavy atom. The van der Waals surface area contributed by atoms with Crippen LogP contribution in [-0.4, -0.2) is 62.7 Å². The largest absolute Gasteiger partial charge is 0.369 e. The van der Waals surface area contributed by atoms with Gasteiger partial charge in [-0.15, -0.1) is 5.92 Å². The Bertz CT molecular complexity index is 748. The molecule has 1 aromatic carbocycles. The molecule has 33 heavy (non-hydrogen) atoms. The fourth-order valence-corrected chi connectivity index (χ4v) is 4.73. The Kier molecular flexibility index (Phi) is 16.6. The lowest BCUT2D eigenvalue weighted by Crippen LogP contribution is -2.34. The van der Waals surface area contributed by atoms with E-state index in [1.807, 2.05) is 31.2 Å². The van der Waals surface area contributed by atoms with E-state index in [0.29, 0.717) is 37.9 Å². The molecule has 0 heterocycles. The van der Waals surface area contributed by atoms with Crippen LogP contribution in [0.3, 0.4) is 0 Å². The van der Waals surface area contributed by atoms with Crippen LogP contribution in [0.5, 0.6) is 0 Å². The van der Waals surface area contributed by atoms with E-state index in [9.17, 15) is 9.59 Å². The molecule has 9 heteroatoms. The fourth-order valence-electron chi connectivity index (χ4n) is 2.41. The van der Waals surface area contributed by atoms with Gasteiger partial charge in [0.1, 0.15) is 12.0 Å². The van der Waals surface area contributed by atoms with E-state index in [4.69, 9.17) is 9.47 Å². The Hall–Kier alpha value is -1.70. The zero-order valence-corrected chi connectivity index (χ0v) is 21.7. The number of hydrogen-bond acceptors (Lipinski definition) is 7. The molecule has 2 amide bonds. The van der Waals surface area contributed by atoms with Crippen molar-refractivity contribution in [1.29, 1.82) is 0 Å². The molecule has 1 aromatic rings. The molecule has 0 saturated heterocycles. The molecular weight excluding hydrogens is 458 g/mol. The molecular formula is C24H37N3O4S2. The summed E-state index contributed by atoms with van der Waals surface area (Å²) in [5.41, 5.74) is 0.656. The summed E-state index contributed by atoms with van der Waals surface area (Å²) in [6, 6.07) is 7.96. The zero-order chi connectivity index (χ0) is 24.3. The summed E-state index contributed by atoms with van der Waals surface area (Å²) in [6.07, 6.45) is 1.62. The van der Waals surface area contributed by atoms with E-state index in [2.05, 4.69) is 48.6 Å². The normalized spacial score (nSPS) is 11.5. The summed E-state index contributed by atoms with van der Waals surface area (Å²) in [5.74, 6) is 5.50. The molecule has 184 valence electrons. The van der Waals surface area contributed by atoms with Gasteiger partial charge >= 0.3 is 0 Å². The molecule has 3 N–H and O–H groups in total. The second-order valence-electron chi connectivity index (χ2n) is 7.31. The highest BCUT2D eigenvalue weighted by Gasteiger charge is 2.10. The highest BCUT2D eigenvalue weighted by atomic mass is 33.1. The van der Waals surface area contributed by atoms with Gasteiger partial charge in [0.15, 0.2) is 0 Å². The van der Waals surface area contributed by atoms with Gasteiger partial charge in [0.2, 0.25) is 5.91 Å². The third-order valence-corrected chi connectivity index (χ3v) is 6.86. The quantitative estimate of drug-likeness (QED) is 0.140. The molecule has 1 unspecified atom stereocenters. The highest BCUT2D eigenvalue weighted by molar-refractivity contribution is 8.76. The number of nitrogens with one attached hydrogen (secondary N) is 3. The van der Waals surface area contributed by atoms with Crippen LogP contribution >= 0.6 is 21.6 Å². The number of carbonyl (C=O) groups is 2. The second-order valence-corrected chi connectivity index (χ2v) is 9.75. The topological polar surface area (TPSA) is 88.7 Å². The standard InChI is InChI=1S/C24H37N3O4S2/c1-5-7-8-13-26-22(28)18-30-16-17-31-23(6-2)33-32-21-11-9-20(10-12-21)24(29)27-15-14-25-19(3)4/h9-12,19,23,25H,5-6,13-18H2,1-4H3,(H,26,28)(H,27,29). The number of rotatable bonds is 16. The van der Waals surface area contributed by atoms with Gasteiger partial charge in [0.25, 0.3) is 5.91 Å². The fraction of sp³-hybridized carbons (Fsp3) is 0.583. The molecule has 1 rings (SSSR count). The summed E-state index contributed by atoms with van der Waals surface area (Å²) in [5, 5.41) is 8.86. The Morgan fingerprint density at radius 2 is 1.79 bits per heavy atom. The monoisotopic (exact) mass is 495 g/mol. The number of hydrogen-bond donors (Lipinski definition) is 3. The first-order valence-corrected chi connectivity index (χ1v) is 13.5. The first-order chi connectivity index (χ1) is 16.0. The Labute approximate surface area is 206 Å². The number of benzene rings is 1. The van der Waals surface area contributed by atoms with Crippen molar-refractivity contribution >= 4 is 33.4 Å². The maximum absolute atomic E-state index is 12.2. The lowest BCUT2D eigenvalue weighted by Gasteiger charge is -2.15. The van der Waals surface area contributed by atoms with Crippen molar-refractivity contribution in [2.24, 2.45) is 0 Å². The van der Waals surface area contributed by atoms with Gasteiger partial charge in [-0.3, -0.25) is 9.59 Å². The van der Waals surface area contributed by atoms with Crippen LogP contribution in [-0.2, 0) is 14.3 Å². The predicted molar refractivity (Wildman–Crippen MR) is 137 cm³/mol. The highest BCUT2D eigenvalue weighted by Crippen LogP contribution is 2.36. The molecule has 0 fully saturated rings. The van der Waals surface area contributed by atoms with Crippen LogP contribution in [0.15, 0.2) is 29.2 Å². The average Bonchev–Trinajstić information content (AvgIpc) is 2.81. The molecule has 0 bridgehead atoms. The molecule has 0 spiro atoms. The lowest BCUT2D eigenvalue weighted by atomic mass is 10.2. The minimum Gasteiger partial charge on any atom is -0.369 e. The van der Waals surface area contributed by atoms with Gasteiger partial charge in [0, 0.05) is 36.0 Å². The van der Waals surface area contributed by atoms with E-state index < -0.39 is 0 Å². The Balaban J connectivity index is 2.22. The molecule has 7 nitrogen and oxygen atoms in total. The van der Waals surface area contributed by atoms with Crippen LogP contribution in [0.25, 0.3) is 0 Å². The number of amides is 2. The van der Waals surface area contributed by atoms with Crippen LogP contribution in [0.4, 0.5) is 0 Å². The molecule has 1 atom stereocenters. The first-order valence-electron chi connectivity index (χ1n) is 11.3. The van der Waals surface area contributed by atoms with Gasteiger partial charge in [-0.25, -0.2) is 0 Å². The lowest BCUT2D eigenvalue weighted by molar-refractivity contribution is -0.126. The molecule has 0 aliphatic rings. The molecule has 0 aliphatic heterocycles. The van der Waals surface area contributed by atoms with E-state index in [1.165, 1.54) is 0 Å². The van der Waals surface area contributed by atoms with Crippen molar-refractivity contribution < 1.29 is 19.1 Å². The SMILES string of the molecule is CCC#CCNC(=O)COCCOC(CC)SSc1ccc(C(=O)NCCNC(C)C)cc1. The van der Waals surface area contributed by atoms with Crippen molar-refractivity contribution in [2.45, 2.75) is 56.9 Å². The van der Waals surface area contributed by atoms with Crippen molar-refractivity contribution in [3.63, 3.8) is 0 Å². The summed E-state index contributed by atoms with van der Waals surface area (Å²) in [4.78, 5) is 24.8. The third kappa shape index (κ3) is 14.9. The molecule has 0 aliphatic carbocycles. The predicted octanol–water partition coefficient (Wildman–Crippen LogP) is 3.45. The van der Waals surface area contributed by atoms with Crippen LogP contribution in [0, 0.1) is 11.8 Å². The van der Waals surface area contributed by atoms with Crippen molar-refractivity contribution in [3.05, 3.63) is 29.8 Å².